The quantitative estimate of drug-likeness (QED) is 0.472. The lowest BCUT2D eigenvalue weighted by atomic mass is 10.2. The predicted octanol–water partition coefficient (Wildman–Crippen LogP) is 5.27. The Morgan fingerprint density at radius 3 is 2.26 bits per heavy atom. The molecule has 0 spiro atoms. The van der Waals surface area contributed by atoms with Gasteiger partial charge in [0.05, 0.1) is 10.8 Å². The Hall–Kier alpha value is -3.13. The summed E-state index contributed by atoms with van der Waals surface area (Å²) in [5, 5.41) is 27.6. The molecule has 0 saturated heterocycles. The highest BCUT2D eigenvalue weighted by atomic mass is 32.2. The number of aryl methyl sites for hydroxylation is 1. The molecule has 3 aromatic rings. The summed E-state index contributed by atoms with van der Waals surface area (Å²) in [5.41, 5.74) is 0.264. The Labute approximate surface area is 156 Å². The second kappa shape index (κ2) is 7.63. The topological polar surface area (TPSA) is 82.2 Å². The van der Waals surface area contributed by atoms with Gasteiger partial charge in [0.2, 0.25) is 0 Å². The number of aromatic hydroxyl groups is 2. The number of halogens is 2. The van der Waals surface area contributed by atoms with Gasteiger partial charge in [0.15, 0.2) is 5.82 Å². The van der Waals surface area contributed by atoms with E-state index in [-0.39, 0.29) is 16.3 Å². The van der Waals surface area contributed by atoms with Crippen LogP contribution in [0.2, 0.25) is 0 Å². The van der Waals surface area contributed by atoms with E-state index in [1.165, 1.54) is 6.07 Å². The summed E-state index contributed by atoms with van der Waals surface area (Å²) in [6.07, 6.45) is 0. The fourth-order valence-electron chi connectivity index (χ4n) is 2.28. The molecular weight excluding hydrogens is 374 g/mol. The lowest BCUT2D eigenvalue weighted by molar-refractivity contribution is 0.448. The molecule has 0 aliphatic carbocycles. The van der Waals surface area contributed by atoms with Crippen LogP contribution in [-0.4, -0.2) is 14.4 Å². The molecule has 0 amide bonds. The summed E-state index contributed by atoms with van der Waals surface area (Å²) in [6, 6.07) is 11.7. The van der Waals surface area contributed by atoms with Crippen LogP contribution in [0.1, 0.15) is 5.56 Å². The molecule has 1 unspecified atom stereocenters. The fraction of sp³-hybridized carbons (Fsp3) is 0.0526. The number of phenols is 2. The number of rotatable bonds is 4. The molecule has 0 fully saturated rings. The predicted molar refractivity (Wildman–Crippen MR) is 96.2 cm³/mol. The van der Waals surface area contributed by atoms with Gasteiger partial charge in [-0.15, -0.1) is 10.2 Å². The van der Waals surface area contributed by atoms with Crippen LogP contribution in [0.15, 0.2) is 74.6 Å². The Bertz CT molecular complexity index is 1050. The molecule has 1 atom stereocenters. The van der Waals surface area contributed by atoms with Crippen LogP contribution in [0.5, 0.6) is 11.5 Å². The lowest BCUT2D eigenvalue weighted by Gasteiger charge is -2.09. The number of hydrogen-bond acceptors (Lipinski definition) is 5. The largest absolute Gasteiger partial charge is 0.507 e. The molecule has 0 radical (unpaired) electrons. The van der Waals surface area contributed by atoms with Crippen LogP contribution in [0.3, 0.4) is 0 Å². The van der Waals surface area contributed by atoms with Gasteiger partial charge in [-0.05, 0) is 43.3 Å². The van der Waals surface area contributed by atoms with Gasteiger partial charge in [-0.2, -0.15) is 0 Å². The maximum atomic E-state index is 13.7. The molecule has 5 nitrogen and oxygen atoms in total. The summed E-state index contributed by atoms with van der Waals surface area (Å²) >= 11 is 0. The number of nitrogens with zero attached hydrogens (tertiary/aromatic N) is 2. The molecule has 0 aromatic heterocycles. The zero-order valence-corrected chi connectivity index (χ0v) is 14.9. The van der Waals surface area contributed by atoms with E-state index < -0.39 is 33.9 Å². The molecular formula is C19H14F2N2O3S. The summed E-state index contributed by atoms with van der Waals surface area (Å²) in [4.78, 5) is 0.189. The Morgan fingerprint density at radius 1 is 0.889 bits per heavy atom. The van der Waals surface area contributed by atoms with Crippen molar-refractivity contribution in [3.63, 3.8) is 0 Å². The van der Waals surface area contributed by atoms with E-state index in [1.54, 1.807) is 24.3 Å². The van der Waals surface area contributed by atoms with Crippen molar-refractivity contribution in [1.82, 2.24) is 0 Å². The van der Waals surface area contributed by atoms with Gasteiger partial charge < -0.3 is 10.2 Å². The van der Waals surface area contributed by atoms with Crippen LogP contribution in [-0.2, 0) is 10.8 Å². The third-order valence-corrected chi connectivity index (χ3v) is 5.15. The van der Waals surface area contributed by atoms with E-state index in [2.05, 4.69) is 10.2 Å². The van der Waals surface area contributed by atoms with E-state index >= 15 is 0 Å². The fourth-order valence-corrected chi connectivity index (χ4v) is 3.47. The Kier molecular flexibility index (Phi) is 5.27. The maximum Gasteiger partial charge on any atom is 0.150 e. The molecule has 0 saturated carbocycles. The van der Waals surface area contributed by atoms with Crippen molar-refractivity contribution in [2.45, 2.75) is 16.7 Å². The lowest BCUT2D eigenvalue weighted by Crippen LogP contribution is -1.95. The van der Waals surface area contributed by atoms with Gasteiger partial charge >= 0.3 is 0 Å². The summed E-state index contributed by atoms with van der Waals surface area (Å²) in [5.74, 6) is -2.32. The highest BCUT2D eigenvalue weighted by Crippen LogP contribution is 2.41. The SMILES string of the molecule is Cc1ccc(S(=O)c2c(O)ccc(O)c2N=Nc2cc(F)ccc2F)cc1. The molecule has 0 aliphatic heterocycles. The number of azo groups is 1. The standard InChI is InChI=1S/C19H14F2N2O3S/c1-11-2-5-13(6-3-11)27(26)19-17(25)9-8-16(24)18(19)23-22-15-10-12(20)4-7-14(15)21/h2-10,24-25H,1H3. The van der Waals surface area contributed by atoms with E-state index in [1.807, 2.05) is 6.92 Å². The van der Waals surface area contributed by atoms with Crippen molar-refractivity contribution in [2.24, 2.45) is 10.2 Å². The minimum absolute atomic E-state index is 0.181. The molecule has 8 heteroatoms. The molecule has 3 aromatic carbocycles. The highest BCUT2D eigenvalue weighted by molar-refractivity contribution is 7.85. The first-order valence-electron chi connectivity index (χ1n) is 7.77. The van der Waals surface area contributed by atoms with Crippen molar-refractivity contribution < 1.29 is 23.2 Å². The van der Waals surface area contributed by atoms with E-state index in [0.29, 0.717) is 4.90 Å². The molecule has 2 N–H and O–H groups in total. The minimum atomic E-state index is -1.89. The zero-order valence-electron chi connectivity index (χ0n) is 14.1. The first-order chi connectivity index (χ1) is 12.9. The van der Waals surface area contributed by atoms with Crippen molar-refractivity contribution in [1.29, 1.82) is 0 Å². The molecule has 0 aliphatic rings. The van der Waals surface area contributed by atoms with Gasteiger partial charge in [0.25, 0.3) is 0 Å². The Balaban J connectivity index is 2.09. The second-order valence-electron chi connectivity index (χ2n) is 5.66. The van der Waals surface area contributed by atoms with Gasteiger partial charge in [0, 0.05) is 11.0 Å². The number of hydrogen-bond donors (Lipinski definition) is 2. The van der Waals surface area contributed by atoms with Crippen molar-refractivity contribution in [2.75, 3.05) is 0 Å². The monoisotopic (exact) mass is 388 g/mol. The van der Waals surface area contributed by atoms with Gasteiger partial charge in [0.1, 0.15) is 33.6 Å². The average molecular weight is 388 g/mol. The maximum absolute atomic E-state index is 13.7. The van der Waals surface area contributed by atoms with Crippen LogP contribution < -0.4 is 0 Å². The van der Waals surface area contributed by atoms with Crippen LogP contribution in [0.25, 0.3) is 0 Å². The summed E-state index contributed by atoms with van der Waals surface area (Å²) < 4.78 is 39.9. The normalized spacial score (nSPS) is 12.4. The van der Waals surface area contributed by atoms with Crippen LogP contribution >= 0.6 is 0 Å². The van der Waals surface area contributed by atoms with E-state index in [0.717, 1.165) is 29.8 Å². The molecule has 3 rings (SSSR count). The summed E-state index contributed by atoms with van der Waals surface area (Å²) in [6.45, 7) is 1.87. The molecule has 138 valence electrons. The average Bonchev–Trinajstić information content (AvgIpc) is 2.65. The van der Waals surface area contributed by atoms with Gasteiger partial charge in [-0.3, -0.25) is 0 Å². The minimum Gasteiger partial charge on any atom is -0.507 e. The van der Waals surface area contributed by atoms with Crippen molar-refractivity contribution in [3.8, 4) is 11.5 Å². The first-order valence-corrected chi connectivity index (χ1v) is 8.92. The van der Waals surface area contributed by atoms with Crippen molar-refractivity contribution >= 4 is 22.2 Å². The Morgan fingerprint density at radius 2 is 1.56 bits per heavy atom. The smallest absolute Gasteiger partial charge is 0.150 e. The zero-order chi connectivity index (χ0) is 19.6. The number of benzene rings is 3. The van der Waals surface area contributed by atoms with Crippen LogP contribution in [0.4, 0.5) is 20.2 Å². The first kappa shape index (κ1) is 18.7. The molecule has 27 heavy (non-hydrogen) atoms. The van der Waals surface area contributed by atoms with Gasteiger partial charge in [-0.25, -0.2) is 13.0 Å². The van der Waals surface area contributed by atoms with Crippen molar-refractivity contribution in [3.05, 3.63) is 71.8 Å². The number of phenolic OH excluding ortho intramolecular Hbond substituents is 2. The highest BCUT2D eigenvalue weighted by Gasteiger charge is 2.20. The van der Waals surface area contributed by atoms with Gasteiger partial charge in [-0.1, -0.05) is 17.7 Å². The van der Waals surface area contributed by atoms with Crippen LogP contribution in [0, 0.1) is 18.6 Å². The molecule has 0 bridgehead atoms. The third kappa shape index (κ3) is 4.01. The second-order valence-corrected chi connectivity index (χ2v) is 7.08. The third-order valence-electron chi connectivity index (χ3n) is 3.68. The molecule has 0 heterocycles. The van der Waals surface area contributed by atoms with E-state index in [9.17, 15) is 23.2 Å². The summed E-state index contributed by atoms with van der Waals surface area (Å²) in [7, 11) is -1.89. The van der Waals surface area contributed by atoms with E-state index in [4.69, 9.17) is 0 Å².